The maximum atomic E-state index is 12.4. The van der Waals surface area contributed by atoms with Crippen LogP contribution >= 0.6 is 0 Å². The van der Waals surface area contributed by atoms with Crippen LogP contribution in [0.5, 0.6) is 5.75 Å². The molecule has 0 fully saturated rings. The van der Waals surface area contributed by atoms with Gasteiger partial charge in [-0.2, -0.15) is 0 Å². The molecule has 0 aliphatic heterocycles. The third-order valence-corrected chi connectivity index (χ3v) is 3.26. The van der Waals surface area contributed by atoms with E-state index in [1.54, 1.807) is 37.6 Å². The Morgan fingerprint density at radius 3 is 2.64 bits per heavy atom. The molecule has 2 aromatic rings. The minimum absolute atomic E-state index is 0.347. The number of nitrogens with zero attached hydrogens (tertiary/aromatic N) is 1. The van der Waals surface area contributed by atoms with Gasteiger partial charge in [0, 0.05) is 6.20 Å². The highest BCUT2D eigenvalue weighted by Gasteiger charge is 2.20. The van der Waals surface area contributed by atoms with Crippen LogP contribution in [0.2, 0.25) is 0 Å². The lowest BCUT2D eigenvalue weighted by Crippen LogP contribution is -2.15. The zero-order valence-corrected chi connectivity index (χ0v) is 13.2. The van der Waals surface area contributed by atoms with Crippen LogP contribution in [0.4, 0.5) is 0 Å². The van der Waals surface area contributed by atoms with Crippen molar-refractivity contribution < 1.29 is 14.3 Å². The Morgan fingerprint density at radius 2 is 2.00 bits per heavy atom. The van der Waals surface area contributed by atoms with E-state index in [1.165, 1.54) is 0 Å². The molecular weight excluding hydrogens is 278 g/mol. The first-order valence-corrected chi connectivity index (χ1v) is 7.36. The minimum atomic E-state index is -0.366. The molecule has 2 rings (SSSR count). The summed E-state index contributed by atoms with van der Waals surface area (Å²) in [5.74, 6) is 0.660. The van der Waals surface area contributed by atoms with Crippen LogP contribution in [0, 0.1) is 5.92 Å². The maximum absolute atomic E-state index is 12.4. The van der Waals surface area contributed by atoms with Crippen molar-refractivity contribution in [2.24, 2.45) is 5.92 Å². The smallest absolute Gasteiger partial charge is 0.338 e. The summed E-state index contributed by atoms with van der Waals surface area (Å²) in [5.41, 5.74) is 1.25. The van der Waals surface area contributed by atoms with Gasteiger partial charge in [-0.1, -0.05) is 26.0 Å². The average molecular weight is 299 g/mol. The number of aromatic nitrogens is 1. The number of rotatable bonds is 6. The van der Waals surface area contributed by atoms with Gasteiger partial charge in [0.15, 0.2) is 0 Å². The van der Waals surface area contributed by atoms with Crippen molar-refractivity contribution in [3.05, 3.63) is 59.9 Å². The first kappa shape index (κ1) is 16.0. The third-order valence-electron chi connectivity index (χ3n) is 3.26. The van der Waals surface area contributed by atoms with Crippen LogP contribution in [0.15, 0.2) is 48.7 Å². The summed E-state index contributed by atoms with van der Waals surface area (Å²) >= 11 is 0. The lowest BCUT2D eigenvalue weighted by molar-refractivity contribution is 0.0236. The number of benzene rings is 1. The van der Waals surface area contributed by atoms with E-state index in [4.69, 9.17) is 9.47 Å². The van der Waals surface area contributed by atoms with E-state index < -0.39 is 0 Å². The molecule has 1 unspecified atom stereocenters. The molecule has 1 aromatic heterocycles. The minimum Gasteiger partial charge on any atom is -0.497 e. The van der Waals surface area contributed by atoms with Crippen molar-refractivity contribution in [1.82, 2.24) is 4.98 Å². The fraction of sp³-hybridized carbons (Fsp3) is 0.333. The van der Waals surface area contributed by atoms with Crippen molar-refractivity contribution in [3.8, 4) is 5.75 Å². The molecule has 0 saturated heterocycles. The van der Waals surface area contributed by atoms with E-state index >= 15 is 0 Å². The largest absolute Gasteiger partial charge is 0.497 e. The molecule has 22 heavy (non-hydrogen) atoms. The van der Waals surface area contributed by atoms with Gasteiger partial charge in [0.1, 0.15) is 11.9 Å². The molecule has 116 valence electrons. The molecule has 1 aromatic carbocycles. The van der Waals surface area contributed by atoms with Crippen LogP contribution in [0.1, 0.15) is 42.4 Å². The Hall–Kier alpha value is -2.36. The van der Waals surface area contributed by atoms with E-state index in [-0.39, 0.29) is 12.1 Å². The fourth-order valence-corrected chi connectivity index (χ4v) is 2.17. The average Bonchev–Trinajstić information content (AvgIpc) is 2.54. The van der Waals surface area contributed by atoms with Crippen LogP contribution in [-0.4, -0.2) is 18.1 Å². The first-order valence-electron chi connectivity index (χ1n) is 7.36. The van der Waals surface area contributed by atoms with Gasteiger partial charge in [0.25, 0.3) is 0 Å². The Labute approximate surface area is 131 Å². The Balaban J connectivity index is 2.17. The number of carbonyl (C=O) groups is 1. The molecule has 0 amide bonds. The number of ether oxygens (including phenoxy) is 2. The van der Waals surface area contributed by atoms with Gasteiger partial charge >= 0.3 is 5.97 Å². The zero-order valence-electron chi connectivity index (χ0n) is 13.2. The highest BCUT2D eigenvalue weighted by Crippen LogP contribution is 2.25. The Kier molecular flexibility index (Phi) is 5.53. The second kappa shape index (κ2) is 7.59. The van der Waals surface area contributed by atoms with Gasteiger partial charge in [-0.3, -0.25) is 4.98 Å². The normalized spacial score (nSPS) is 12.0. The highest BCUT2D eigenvalue weighted by atomic mass is 16.5. The second-order valence-electron chi connectivity index (χ2n) is 5.51. The Morgan fingerprint density at radius 1 is 1.18 bits per heavy atom. The summed E-state index contributed by atoms with van der Waals surface area (Å²) < 4.78 is 10.8. The number of esters is 1. The monoisotopic (exact) mass is 299 g/mol. The van der Waals surface area contributed by atoms with Gasteiger partial charge in [-0.25, -0.2) is 4.79 Å². The fourth-order valence-electron chi connectivity index (χ4n) is 2.17. The predicted molar refractivity (Wildman–Crippen MR) is 84.8 cm³/mol. The lowest BCUT2D eigenvalue weighted by atomic mass is 10.0. The van der Waals surface area contributed by atoms with Gasteiger partial charge < -0.3 is 9.47 Å². The number of methoxy groups -OCH3 is 1. The van der Waals surface area contributed by atoms with E-state index in [1.807, 2.05) is 18.2 Å². The van der Waals surface area contributed by atoms with Gasteiger partial charge in [0.05, 0.1) is 18.4 Å². The quantitative estimate of drug-likeness (QED) is 0.755. The van der Waals surface area contributed by atoms with Crippen LogP contribution < -0.4 is 4.74 Å². The lowest BCUT2D eigenvalue weighted by Gasteiger charge is -2.19. The standard InChI is InChI=1S/C18H21NO3/c1-13(2)11-17(16-9-4-5-10-19-16)22-18(20)14-7-6-8-15(12-14)21-3/h4-10,12-13,17H,11H2,1-3H3. The topological polar surface area (TPSA) is 48.4 Å². The molecule has 0 aliphatic rings. The maximum Gasteiger partial charge on any atom is 0.338 e. The van der Waals surface area contributed by atoms with Gasteiger partial charge in [0.2, 0.25) is 0 Å². The molecule has 4 nitrogen and oxygen atoms in total. The third kappa shape index (κ3) is 4.32. The summed E-state index contributed by atoms with van der Waals surface area (Å²) in [6.45, 7) is 4.19. The molecule has 0 bridgehead atoms. The number of hydrogen-bond acceptors (Lipinski definition) is 4. The zero-order chi connectivity index (χ0) is 15.9. The number of carbonyl (C=O) groups excluding carboxylic acids is 1. The molecule has 0 radical (unpaired) electrons. The van der Waals surface area contributed by atoms with E-state index in [9.17, 15) is 4.79 Å². The molecule has 1 atom stereocenters. The molecule has 1 heterocycles. The van der Waals surface area contributed by atoms with Crippen LogP contribution in [-0.2, 0) is 4.74 Å². The van der Waals surface area contributed by atoms with Crippen LogP contribution in [0.25, 0.3) is 0 Å². The SMILES string of the molecule is COc1cccc(C(=O)OC(CC(C)C)c2ccccn2)c1. The summed E-state index contributed by atoms with van der Waals surface area (Å²) in [6, 6.07) is 12.6. The number of hydrogen-bond donors (Lipinski definition) is 0. The van der Waals surface area contributed by atoms with Crippen molar-refractivity contribution in [1.29, 1.82) is 0 Å². The summed E-state index contributed by atoms with van der Waals surface area (Å²) in [6.07, 6.45) is 2.09. The van der Waals surface area contributed by atoms with Crippen molar-refractivity contribution in [2.45, 2.75) is 26.4 Å². The van der Waals surface area contributed by atoms with Gasteiger partial charge in [-0.05, 0) is 42.7 Å². The highest BCUT2D eigenvalue weighted by molar-refractivity contribution is 5.90. The van der Waals surface area contributed by atoms with Gasteiger partial charge in [-0.15, -0.1) is 0 Å². The molecular formula is C18H21NO3. The van der Waals surface area contributed by atoms with Crippen LogP contribution in [0.3, 0.4) is 0 Å². The predicted octanol–water partition coefficient (Wildman–Crippen LogP) is 4.03. The molecule has 0 saturated carbocycles. The summed E-state index contributed by atoms with van der Waals surface area (Å²) in [4.78, 5) is 16.7. The number of pyridine rings is 1. The molecule has 0 aliphatic carbocycles. The second-order valence-corrected chi connectivity index (χ2v) is 5.51. The first-order chi connectivity index (χ1) is 10.6. The molecule has 4 heteroatoms. The summed E-state index contributed by atoms with van der Waals surface area (Å²) in [7, 11) is 1.57. The van der Waals surface area contributed by atoms with E-state index in [2.05, 4.69) is 18.8 Å². The van der Waals surface area contributed by atoms with Crippen molar-refractivity contribution in [2.75, 3.05) is 7.11 Å². The summed E-state index contributed by atoms with van der Waals surface area (Å²) in [5, 5.41) is 0. The molecule has 0 N–H and O–H groups in total. The van der Waals surface area contributed by atoms with E-state index in [0.29, 0.717) is 17.2 Å². The molecule has 0 spiro atoms. The van der Waals surface area contributed by atoms with Crippen molar-refractivity contribution >= 4 is 5.97 Å². The Bertz CT molecular complexity index is 611. The van der Waals surface area contributed by atoms with E-state index in [0.717, 1.165) is 12.1 Å². The van der Waals surface area contributed by atoms with Crippen molar-refractivity contribution in [3.63, 3.8) is 0 Å².